The van der Waals surface area contributed by atoms with E-state index in [1.807, 2.05) is 0 Å². The summed E-state index contributed by atoms with van der Waals surface area (Å²) in [4.78, 5) is 0. The lowest BCUT2D eigenvalue weighted by Crippen LogP contribution is -2.68. The van der Waals surface area contributed by atoms with E-state index in [1.54, 1.807) is 0 Å². The second kappa shape index (κ2) is 14.1. The summed E-state index contributed by atoms with van der Waals surface area (Å²) in [5.41, 5.74) is 35.6. The van der Waals surface area contributed by atoms with Crippen LogP contribution in [0.25, 0.3) is 0 Å². The van der Waals surface area contributed by atoms with E-state index in [9.17, 15) is 35.7 Å². The lowest BCUT2D eigenvalue weighted by molar-refractivity contribution is -0.306. The highest BCUT2D eigenvalue weighted by Gasteiger charge is 2.54. The molecule has 13 unspecified atom stereocenters. The minimum absolute atomic E-state index is 0.0889. The van der Waals surface area contributed by atoms with Crippen LogP contribution in [-0.2, 0) is 28.4 Å². The average molecular weight is 615 g/mol. The zero-order valence-electron chi connectivity index (χ0n) is 22.8. The fourth-order valence-corrected chi connectivity index (χ4v) is 5.74. The first-order chi connectivity index (χ1) is 19.8. The van der Waals surface area contributed by atoms with Crippen LogP contribution >= 0.6 is 0 Å². The van der Waals surface area contributed by atoms with Gasteiger partial charge < -0.3 is 98.6 Å². The van der Waals surface area contributed by atoms with E-state index in [4.69, 9.17) is 62.8 Å². The van der Waals surface area contributed by atoms with Gasteiger partial charge in [0.15, 0.2) is 18.9 Å². The zero-order valence-corrected chi connectivity index (χ0v) is 22.8. The quantitative estimate of drug-likeness (QED) is 0.115. The highest BCUT2D eigenvalue weighted by molar-refractivity contribution is 5.02. The first kappa shape index (κ1) is 34.1. The zero-order chi connectivity index (χ0) is 31.0. The predicted molar refractivity (Wildman–Crippen MR) is 138 cm³/mol. The third-order valence-corrected chi connectivity index (χ3v) is 8.37. The molecule has 19 N–H and O–H groups in total. The van der Waals surface area contributed by atoms with Crippen molar-refractivity contribution in [2.24, 2.45) is 34.4 Å². The summed E-state index contributed by atoms with van der Waals surface area (Å²) in [6, 6.07) is -4.18. The Kier molecular flexibility index (Phi) is 11.5. The Morgan fingerprint density at radius 2 is 0.976 bits per heavy atom. The van der Waals surface area contributed by atoms with Gasteiger partial charge in [0.1, 0.15) is 67.1 Å². The van der Waals surface area contributed by atoms with E-state index in [-0.39, 0.29) is 19.5 Å². The Morgan fingerprint density at radius 3 is 1.45 bits per heavy atom. The Morgan fingerprint density at radius 1 is 0.524 bits per heavy atom. The Balaban J connectivity index is 1.50. The maximum Gasteiger partial charge on any atom is 0.187 e. The molecule has 19 heteroatoms. The third-order valence-electron chi connectivity index (χ3n) is 8.37. The molecule has 0 bridgehead atoms. The lowest BCUT2D eigenvalue weighted by atomic mass is 9.84. The maximum absolute atomic E-state index is 11.1. The molecule has 4 fully saturated rings. The van der Waals surface area contributed by atoms with Crippen molar-refractivity contribution in [2.75, 3.05) is 19.7 Å². The predicted octanol–water partition coefficient (Wildman–Crippen LogP) is -8.90. The number of rotatable bonds is 9. The van der Waals surface area contributed by atoms with Gasteiger partial charge in [-0.05, 0) is 6.42 Å². The van der Waals surface area contributed by atoms with Gasteiger partial charge in [0.05, 0.1) is 24.8 Å². The second-order valence-corrected chi connectivity index (χ2v) is 11.2. The standard InChI is InChI=1S/C23H46N6O13/c24-2-7-13(32)15(34)10(28)21(37-7)40-18-6(27)1-5(26)12(31)20(18)42-23-17(36)19(9(4-30)39-23)41-22-11(29)16(35)14(33)8(3-25)38-22/h5-23,30-36H,1-4,24-29H2/t5-,6?,7?,8?,9?,10?,11-,12?,13?,14-,15-,16?,17?,18?,19?,20-,21+,22?,23?/m1/s1. The molecule has 3 saturated heterocycles. The molecule has 1 saturated carbocycles. The van der Waals surface area contributed by atoms with Gasteiger partial charge in [0.25, 0.3) is 0 Å². The molecule has 0 aromatic rings. The average Bonchev–Trinajstić information content (AvgIpc) is 3.27. The lowest BCUT2D eigenvalue weighted by Gasteiger charge is -2.47. The van der Waals surface area contributed by atoms with Crippen LogP contribution in [0.1, 0.15) is 6.42 Å². The van der Waals surface area contributed by atoms with Crippen LogP contribution in [0, 0.1) is 0 Å². The molecule has 3 aliphatic heterocycles. The van der Waals surface area contributed by atoms with Crippen molar-refractivity contribution in [1.29, 1.82) is 0 Å². The highest BCUT2D eigenvalue weighted by Crippen LogP contribution is 2.34. The maximum atomic E-state index is 11.1. The summed E-state index contributed by atoms with van der Waals surface area (Å²) in [7, 11) is 0. The summed E-state index contributed by atoms with van der Waals surface area (Å²) in [6.45, 7) is -0.967. The first-order valence-corrected chi connectivity index (χ1v) is 13.9. The summed E-state index contributed by atoms with van der Waals surface area (Å²) in [5, 5.41) is 73.0. The van der Waals surface area contributed by atoms with E-state index in [1.165, 1.54) is 0 Å². The van der Waals surface area contributed by atoms with Gasteiger partial charge in [-0.1, -0.05) is 0 Å². The molecule has 1 aliphatic carbocycles. The van der Waals surface area contributed by atoms with E-state index in [0.29, 0.717) is 0 Å². The molecule has 0 amide bonds. The smallest absolute Gasteiger partial charge is 0.187 e. The van der Waals surface area contributed by atoms with Gasteiger partial charge in [-0.15, -0.1) is 0 Å². The first-order valence-electron chi connectivity index (χ1n) is 13.9. The molecular formula is C23H46N6O13. The summed E-state index contributed by atoms with van der Waals surface area (Å²) in [5.74, 6) is 0. The highest BCUT2D eigenvalue weighted by atomic mass is 16.8. The normalized spacial score (nSPS) is 53.8. The van der Waals surface area contributed by atoms with Crippen molar-refractivity contribution >= 4 is 0 Å². The second-order valence-electron chi connectivity index (χ2n) is 11.2. The van der Waals surface area contributed by atoms with Gasteiger partial charge in [0, 0.05) is 25.2 Å². The number of aliphatic hydroxyl groups excluding tert-OH is 7. The van der Waals surface area contributed by atoms with Gasteiger partial charge in [-0.3, -0.25) is 0 Å². The third kappa shape index (κ3) is 6.60. The molecular weight excluding hydrogens is 568 g/mol. The Bertz CT molecular complexity index is 868. The number of hydrogen-bond acceptors (Lipinski definition) is 19. The number of nitrogens with two attached hydrogens (primary N) is 6. The number of hydrogen-bond donors (Lipinski definition) is 13. The van der Waals surface area contributed by atoms with E-state index in [0.717, 1.165) is 0 Å². The molecule has 4 rings (SSSR count). The molecule has 19 atom stereocenters. The fourth-order valence-electron chi connectivity index (χ4n) is 5.74. The Labute approximate surface area is 241 Å². The number of aliphatic hydroxyl groups is 7. The van der Waals surface area contributed by atoms with Crippen molar-refractivity contribution in [3.63, 3.8) is 0 Å². The van der Waals surface area contributed by atoms with Crippen molar-refractivity contribution in [3.8, 4) is 0 Å². The molecule has 3 heterocycles. The molecule has 246 valence electrons. The molecule has 42 heavy (non-hydrogen) atoms. The molecule has 0 radical (unpaired) electrons. The van der Waals surface area contributed by atoms with E-state index in [2.05, 4.69) is 0 Å². The van der Waals surface area contributed by atoms with Crippen LogP contribution in [0.3, 0.4) is 0 Å². The van der Waals surface area contributed by atoms with Crippen molar-refractivity contribution in [3.05, 3.63) is 0 Å². The number of ether oxygens (including phenoxy) is 6. The molecule has 0 aromatic carbocycles. The van der Waals surface area contributed by atoms with Crippen LogP contribution in [0.4, 0.5) is 0 Å². The van der Waals surface area contributed by atoms with Gasteiger partial charge in [-0.25, -0.2) is 0 Å². The van der Waals surface area contributed by atoms with Crippen molar-refractivity contribution < 1.29 is 64.2 Å². The topological polar surface area (TPSA) is 353 Å². The fraction of sp³-hybridized carbons (Fsp3) is 1.00. The monoisotopic (exact) mass is 614 g/mol. The van der Waals surface area contributed by atoms with Crippen LogP contribution in [0.5, 0.6) is 0 Å². The summed E-state index contributed by atoms with van der Waals surface area (Å²) < 4.78 is 34.6. The van der Waals surface area contributed by atoms with Gasteiger partial charge >= 0.3 is 0 Å². The van der Waals surface area contributed by atoms with Crippen LogP contribution < -0.4 is 34.4 Å². The van der Waals surface area contributed by atoms with Crippen LogP contribution in [0.2, 0.25) is 0 Å². The molecule has 0 spiro atoms. The van der Waals surface area contributed by atoms with Crippen LogP contribution in [0.15, 0.2) is 0 Å². The van der Waals surface area contributed by atoms with Gasteiger partial charge in [0.2, 0.25) is 0 Å². The summed E-state index contributed by atoms with van der Waals surface area (Å²) in [6.07, 6.45) is -19.8. The SMILES string of the molecule is NCC1O[C@@H](OC2C(N)C[C@@H](N)C(O)[C@H]2OC2OC(CO)C(OC3OC(CN)[C@@H](O)C(O)[C@H]3N)C2O)C(N)[C@@H](O)C1O. The molecule has 4 aliphatic rings. The summed E-state index contributed by atoms with van der Waals surface area (Å²) >= 11 is 0. The van der Waals surface area contributed by atoms with Crippen molar-refractivity contribution in [1.82, 2.24) is 0 Å². The van der Waals surface area contributed by atoms with Gasteiger partial charge in [-0.2, -0.15) is 0 Å². The largest absolute Gasteiger partial charge is 0.394 e. The molecule has 0 aromatic heterocycles. The molecule has 19 nitrogen and oxygen atoms in total. The Hall–Kier alpha value is -0.760. The minimum Gasteiger partial charge on any atom is -0.394 e. The van der Waals surface area contributed by atoms with E-state index >= 15 is 0 Å². The minimum atomic E-state index is -1.60. The van der Waals surface area contributed by atoms with Crippen LogP contribution in [-0.4, -0.2) is 172 Å². The van der Waals surface area contributed by atoms with Crippen molar-refractivity contribution in [2.45, 2.75) is 123 Å². The van der Waals surface area contributed by atoms with E-state index < -0.39 is 123 Å².